The average Bonchev–Trinajstić information content (AvgIpc) is 3.40. The number of ether oxygens (including phenoxy) is 6. The van der Waals surface area contributed by atoms with Crippen LogP contribution in [0.2, 0.25) is 0 Å². The van der Waals surface area contributed by atoms with Crippen molar-refractivity contribution in [3.05, 3.63) is 95.4 Å². The number of methoxy groups -OCH3 is 6. The highest BCUT2D eigenvalue weighted by molar-refractivity contribution is 5.98. The lowest BCUT2D eigenvalue weighted by atomic mass is 9.87. The number of hydrogen-bond donors (Lipinski definition) is 0. The molecule has 7 nitrogen and oxygen atoms in total. The summed E-state index contributed by atoms with van der Waals surface area (Å²) in [5.74, 6) is 3.89. The maximum absolute atomic E-state index is 6.61. The van der Waals surface area contributed by atoms with Crippen LogP contribution in [0.3, 0.4) is 0 Å². The van der Waals surface area contributed by atoms with Crippen LogP contribution in [0.25, 0.3) is 28.2 Å². The summed E-state index contributed by atoms with van der Waals surface area (Å²) in [5, 5.41) is 1.01. The first-order chi connectivity index (χ1) is 20.5. The van der Waals surface area contributed by atoms with E-state index in [-0.39, 0.29) is 5.92 Å². The van der Waals surface area contributed by atoms with E-state index in [1.165, 1.54) is 0 Å². The van der Waals surface area contributed by atoms with E-state index in [2.05, 4.69) is 24.3 Å². The molecule has 42 heavy (non-hydrogen) atoms. The lowest BCUT2D eigenvalue weighted by Gasteiger charge is -2.21. The van der Waals surface area contributed by atoms with Crippen molar-refractivity contribution in [1.29, 1.82) is 0 Å². The van der Waals surface area contributed by atoms with E-state index in [0.29, 0.717) is 17.2 Å². The third-order valence-electron chi connectivity index (χ3n) is 7.26. The Morgan fingerprint density at radius 3 is 2.24 bits per heavy atom. The van der Waals surface area contributed by atoms with E-state index in [4.69, 9.17) is 32.8 Å². The fourth-order valence-corrected chi connectivity index (χ4v) is 5.26. The van der Waals surface area contributed by atoms with Gasteiger partial charge in [0.2, 0.25) is 5.75 Å². The third kappa shape index (κ3) is 6.85. The standard InChI is InChI=1S/C35H40O7/c1-23(22-37-3)18-25(16-17-36-2)9-8-24-10-15-30-29(19-24)33(34(42-30)26-11-13-28(38-4)14-12-26)27-20-31(39-5)35(41-7)32(21-27)40-6/h8-10,13,15-22,26H,11-12,14H2,1-7H3/b9-8+,17-16+,23-22-,25-18-. The Balaban J connectivity index is 1.87. The second kappa shape index (κ2) is 14.4. The zero-order chi connectivity index (χ0) is 30.1. The van der Waals surface area contributed by atoms with E-state index in [1.54, 1.807) is 55.2 Å². The molecule has 0 bridgehead atoms. The van der Waals surface area contributed by atoms with Crippen molar-refractivity contribution in [3.63, 3.8) is 0 Å². The Morgan fingerprint density at radius 1 is 0.881 bits per heavy atom. The summed E-state index contributed by atoms with van der Waals surface area (Å²) >= 11 is 0. The van der Waals surface area contributed by atoms with Crippen molar-refractivity contribution in [2.75, 3.05) is 42.7 Å². The smallest absolute Gasteiger partial charge is 0.203 e. The van der Waals surface area contributed by atoms with Crippen molar-refractivity contribution in [3.8, 4) is 28.4 Å². The molecule has 1 heterocycles. The zero-order valence-electron chi connectivity index (χ0n) is 25.5. The molecule has 0 N–H and O–H groups in total. The summed E-state index contributed by atoms with van der Waals surface area (Å²) in [4.78, 5) is 0. The molecule has 7 heteroatoms. The van der Waals surface area contributed by atoms with Gasteiger partial charge in [-0.15, -0.1) is 0 Å². The maximum Gasteiger partial charge on any atom is 0.203 e. The SMILES string of the molecule is CO\C=C(C)/C=C(\C=C\OC)/C=C/c1ccc2oc(C3CC=C(OC)CC3)c(-c3cc(OC)c(OC)c(OC)c3)c2c1. The summed E-state index contributed by atoms with van der Waals surface area (Å²) in [5.41, 5.74) is 5.75. The zero-order valence-corrected chi connectivity index (χ0v) is 25.5. The fraction of sp³-hybridized carbons (Fsp3) is 0.314. The molecule has 1 aliphatic rings. The number of furan rings is 1. The largest absolute Gasteiger partial charge is 0.504 e. The Morgan fingerprint density at radius 2 is 1.64 bits per heavy atom. The molecule has 0 saturated heterocycles. The van der Waals surface area contributed by atoms with Gasteiger partial charge in [0.05, 0.1) is 60.9 Å². The minimum absolute atomic E-state index is 0.202. The highest BCUT2D eigenvalue weighted by atomic mass is 16.5. The predicted octanol–water partition coefficient (Wildman–Crippen LogP) is 8.57. The van der Waals surface area contributed by atoms with Crippen LogP contribution in [0, 0.1) is 0 Å². The lowest BCUT2D eigenvalue weighted by molar-refractivity contribution is 0.259. The van der Waals surface area contributed by atoms with Gasteiger partial charge < -0.3 is 32.8 Å². The van der Waals surface area contributed by atoms with Crippen LogP contribution in [-0.2, 0) is 14.2 Å². The minimum atomic E-state index is 0.202. The third-order valence-corrected chi connectivity index (χ3v) is 7.26. The monoisotopic (exact) mass is 572 g/mol. The number of hydrogen-bond acceptors (Lipinski definition) is 7. The van der Waals surface area contributed by atoms with Gasteiger partial charge in [0, 0.05) is 23.3 Å². The van der Waals surface area contributed by atoms with Crippen LogP contribution in [-0.4, -0.2) is 42.7 Å². The molecule has 0 amide bonds. The molecular weight excluding hydrogens is 532 g/mol. The molecule has 0 aliphatic heterocycles. The Bertz CT molecular complexity index is 1510. The summed E-state index contributed by atoms with van der Waals surface area (Å²) in [6.07, 6.45) is 16.2. The van der Waals surface area contributed by atoms with Gasteiger partial charge in [-0.1, -0.05) is 18.2 Å². The van der Waals surface area contributed by atoms with Gasteiger partial charge in [0.15, 0.2) is 11.5 Å². The molecule has 1 aliphatic carbocycles. The molecular formula is C35H40O7. The minimum Gasteiger partial charge on any atom is -0.504 e. The number of allylic oxidation sites excluding steroid dienone is 7. The van der Waals surface area contributed by atoms with Crippen molar-refractivity contribution in [2.24, 2.45) is 0 Å². The molecule has 222 valence electrons. The molecule has 0 saturated carbocycles. The summed E-state index contributed by atoms with van der Waals surface area (Å²) in [6, 6.07) is 10.2. The first-order valence-corrected chi connectivity index (χ1v) is 13.8. The second-order valence-electron chi connectivity index (χ2n) is 9.97. The Hall–Kier alpha value is -4.52. The summed E-state index contributed by atoms with van der Waals surface area (Å²) in [7, 11) is 9.86. The van der Waals surface area contributed by atoms with Crippen LogP contribution in [0.1, 0.15) is 43.4 Å². The molecule has 1 aromatic heterocycles. The normalized spacial score (nSPS) is 16.2. The van der Waals surface area contributed by atoms with Crippen molar-refractivity contribution >= 4 is 17.0 Å². The van der Waals surface area contributed by atoms with Crippen LogP contribution in [0.4, 0.5) is 0 Å². The van der Waals surface area contributed by atoms with E-state index in [9.17, 15) is 0 Å². The molecule has 3 aromatic rings. The molecule has 1 atom stereocenters. The lowest BCUT2D eigenvalue weighted by Crippen LogP contribution is -2.05. The van der Waals surface area contributed by atoms with Crippen LogP contribution < -0.4 is 14.2 Å². The van der Waals surface area contributed by atoms with Gasteiger partial charge in [-0.05, 0) is 84.5 Å². The van der Waals surface area contributed by atoms with Gasteiger partial charge in [0.1, 0.15) is 11.3 Å². The average molecular weight is 573 g/mol. The van der Waals surface area contributed by atoms with Crippen molar-refractivity contribution in [1.82, 2.24) is 0 Å². The molecule has 0 spiro atoms. The van der Waals surface area contributed by atoms with Crippen LogP contribution in [0.15, 0.2) is 88.5 Å². The van der Waals surface area contributed by atoms with Crippen molar-refractivity contribution < 1.29 is 32.8 Å². The Labute approximate surface area is 248 Å². The predicted molar refractivity (Wildman–Crippen MR) is 167 cm³/mol. The Kier molecular flexibility index (Phi) is 10.4. The first-order valence-electron chi connectivity index (χ1n) is 13.8. The molecule has 4 rings (SSSR count). The molecule has 0 fully saturated rings. The summed E-state index contributed by atoms with van der Waals surface area (Å²) in [6.45, 7) is 1.98. The molecule has 2 aromatic carbocycles. The van der Waals surface area contributed by atoms with Gasteiger partial charge >= 0.3 is 0 Å². The molecule has 1 unspecified atom stereocenters. The van der Waals surface area contributed by atoms with Gasteiger partial charge in [-0.3, -0.25) is 0 Å². The van der Waals surface area contributed by atoms with E-state index in [0.717, 1.165) is 69.6 Å². The van der Waals surface area contributed by atoms with Gasteiger partial charge in [0.25, 0.3) is 0 Å². The van der Waals surface area contributed by atoms with Gasteiger partial charge in [-0.2, -0.15) is 0 Å². The van der Waals surface area contributed by atoms with E-state index in [1.807, 2.05) is 43.4 Å². The van der Waals surface area contributed by atoms with Gasteiger partial charge in [-0.25, -0.2) is 0 Å². The first kappa shape index (κ1) is 30.4. The molecule has 0 radical (unpaired) electrons. The topological polar surface area (TPSA) is 68.5 Å². The van der Waals surface area contributed by atoms with Crippen LogP contribution in [0.5, 0.6) is 17.2 Å². The highest BCUT2D eigenvalue weighted by Gasteiger charge is 2.27. The maximum atomic E-state index is 6.61. The second-order valence-corrected chi connectivity index (χ2v) is 9.97. The highest BCUT2D eigenvalue weighted by Crippen LogP contribution is 2.48. The van der Waals surface area contributed by atoms with Crippen molar-refractivity contribution in [2.45, 2.75) is 32.1 Å². The van der Waals surface area contributed by atoms with Crippen LogP contribution >= 0.6 is 0 Å². The fourth-order valence-electron chi connectivity index (χ4n) is 5.26. The number of rotatable bonds is 12. The quantitative estimate of drug-likeness (QED) is 0.159. The van der Waals surface area contributed by atoms with E-state index >= 15 is 0 Å². The van der Waals surface area contributed by atoms with E-state index < -0.39 is 0 Å². The number of fused-ring (bicyclic) bond motifs is 1. The summed E-state index contributed by atoms with van der Waals surface area (Å²) < 4.78 is 39.4. The number of benzene rings is 2.